The summed E-state index contributed by atoms with van der Waals surface area (Å²) in [5, 5.41) is 0.894. The molecular formula is C17H30O2Si. The van der Waals surface area contributed by atoms with Gasteiger partial charge in [0.25, 0.3) is 0 Å². The van der Waals surface area contributed by atoms with Gasteiger partial charge in [-0.15, -0.1) is 0 Å². The normalized spacial score (nSPS) is 41.5. The van der Waals surface area contributed by atoms with Crippen molar-refractivity contribution in [3.05, 3.63) is 0 Å². The van der Waals surface area contributed by atoms with Crippen molar-refractivity contribution in [2.75, 3.05) is 7.11 Å². The summed E-state index contributed by atoms with van der Waals surface area (Å²) in [7, 11) is 0.178. The van der Waals surface area contributed by atoms with E-state index in [1.165, 1.54) is 6.42 Å². The van der Waals surface area contributed by atoms with Gasteiger partial charge in [0.2, 0.25) is 0 Å². The Morgan fingerprint density at radius 3 is 2.00 bits per heavy atom. The highest BCUT2D eigenvalue weighted by Gasteiger charge is 2.83. The molecule has 1 heterocycles. The zero-order valence-electron chi connectivity index (χ0n) is 14.1. The Morgan fingerprint density at radius 2 is 1.55 bits per heavy atom. The summed E-state index contributed by atoms with van der Waals surface area (Å²) < 4.78 is 5.07. The Bertz CT molecular complexity index is 429. The van der Waals surface area contributed by atoms with Crippen molar-refractivity contribution in [2.45, 2.75) is 75.5 Å². The number of rotatable bonds is 1. The van der Waals surface area contributed by atoms with Crippen LogP contribution in [0.5, 0.6) is 0 Å². The van der Waals surface area contributed by atoms with Gasteiger partial charge in [0.15, 0.2) is 0 Å². The minimum Gasteiger partial charge on any atom is -0.469 e. The van der Waals surface area contributed by atoms with Gasteiger partial charge in [-0.3, -0.25) is 4.79 Å². The van der Waals surface area contributed by atoms with Gasteiger partial charge in [-0.1, -0.05) is 41.5 Å². The van der Waals surface area contributed by atoms with Crippen LogP contribution in [0.4, 0.5) is 0 Å². The van der Waals surface area contributed by atoms with Crippen molar-refractivity contribution in [3.8, 4) is 0 Å². The third-order valence-electron chi connectivity index (χ3n) is 6.93. The fourth-order valence-corrected chi connectivity index (χ4v) is 17.3. The summed E-state index contributed by atoms with van der Waals surface area (Å²) in [6.45, 7) is 14.8. The predicted octanol–water partition coefficient (Wildman–Crippen LogP) is 4.62. The lowest BCUT2D eigenvalue weighted by atomic mass is 9.89. The fourth-order valence-electron chi connectivity index (χ4n) is 7.06. The molecule has 1 aliphatic heterocycles. The highest BCUT2D eigenvalue weighted by Crippen LogP contribution is 2.89. The lowest BCUT2D eigenvalue weighted by molar-refractivity contribution is -0.147. The summed E-state index contributed by atoms with van der Waals surface area (Å²) >= 11 is 0. The molecule has 0 radical (unpaired) electrons. The number of carbonyl (C=O) groups excluding carboxylic acids is 1. The van der Waals surface area contributed by atoms with Gasteiger partial charge >= 0.3 is 5.97 Å². The predicted molar refractivity (Wildman–Crippen MR) is 84.4 cm³/mol. The van der Waals surface area contributed by atoms with Crippen LogP contribution in [-0.2, 0) is 9.53 Å². The molecule has 3 fully saturated rings. The minimum absolute atomic E-state index is 0.0635. The van der Waals surface area contributed by atoms with Gasteiger partial charge in [-0.25, -0.2) is 0 Å². The average Bonchev–Trinajstić information content (AvgIpc) is 2.74. The van der Waals surface area contributed by atoms with E-state index < -0.39 is 8.07 Å². The maximum Gasteiger partial charge on any atom is 0.308 e. The first-order chi connectivity index (χ1) is 9.07. The minimum atomic E-state index is -1.37. The maximum absolute atomic E-state index is 12.1. The first kappa shape index (κ1) is 14.6. The molecule has 0 amide bonds. The summed E-state index contributed by atoms with van der Waals surface area (Å²) in [6.07, 6.45) is 2.41. The number of ether oxygens (including phenoxy) is 1. The number of esters is 1. The first-order valence-corrected chi connectivity index (χ1v) is 10.3. The lowest BCUT2D eigenvalue weighted by Crippen LogP contribution is -2.43. The van der Waals surface area contributed by atoms with Crippen LogP contribution >= 0.6 is 0 Å². The monoisotopic (exact) mass is 294 g/mol. The molecule has 5 atom stereocenters. The second-order valence-electron chi connectivity index (χ2n) is 9.45. The Hall–Kier alpha value is -0.313. The molecule has 0 aromatic carbocycles. The molecule has 0 aromatic heterocycles. The van der Waals surface area contributed by atoms with Crippen LogP contribution in [0.3, 0.4) is 0 Å². The molecule has 0 N–H and O–H groups in total. The van der Waals surface area contributed by atoms with E-state index in [2.05, 4.69) is 41.5 Å². The summed E-state index contributed by atoms with van der Waals surface area (Å²) in [4.78, 5) is 12.1. The van der Waals surface area contributed by atoms with Gasteiger partial charge in [0, 0.05) is 0 Å². The quantitative estimate of drug-likeness (QED) is 0.521. The lowest BCUT2D eigenvalue weighted by Gasteiger charge is -2.44. The van der Waals surface area contributed by atoms with E-state index in [4.69, 9.17) is 4.74 Å². The molecule has 114 valence electrons. The summed E-state index contributed by atoms with van der Waals surface area (Å²) in [5.41, 5.74) is 1.86. The topological polar surface area (TPSA) is 26.3 Å². The van der Waals surface area contributed by atoms with Crippen LogP contribution in [0.1, 0.15) is 54.4 Å². The zero-order valence-corrected chi connectivity index (χ0v) is 15.1. The Morgan fingerprint density at radius 1 is 1.00 bits per heavy atom. The Balaban J connectivity index is 1.96. The number of fused-ring (bicyclic) bond motifs is 5. The van der Waals surface area contributed by atoms with Crippen molar-refractivity contribution in [1.82, 2.24) is 0 Å². The molecule has 2 saturated carbocycles. The van der Waals surface area contributed by atoms with Crippen LogP contribution in [-0.4, -0.2) is 21.2 Å². The van der Waals surface area contributed by atoms with E-state index >= 15 is 0 Å². The number of hydrogen-bond acceptors (Lipinski definition) is 2. The van der Waals surface area contributed by atoms with Crippen LogP contribution in [0, 0.1) is 17.8 Å². The van der Waals surface area contributed by atoms with Crippen molar-refractivity contribution in [1.29, 1.82) is 0 Å². The van der Waals surface area contributed by atoms with Gasteiger partial charge < -0.3 is 4.74 Å². The molecule has 2 aliphatic carbocycles. The molecular weight excluding hydrogens is 264 g/mol. The van der Waals surface area contributed by atoms with Crippen LogP contribution in [0.25, 0.3) is 0 Å². The van der Waals surface area contributed by atoms with E-state index in [1.54, 1.807) is 7.11 Å². The standard InChI is InChI=1S/C17H30O2Si/c1-16(2,3)20(17(4,5)6)13-10-8-11(14(13)20)12(9-10)15(18)19-7/h10-14H,8-9H2,1-7H3/t10-,11+,12-,13-,14+/m0/s1. The smallest absolute Gasteiger partial charge is 0.308 e. The van der Waals surface area contributed by atoms with Gasteiger partial charge in [0.1, 0.15) is 0 Å². The summed E-state index contributed by atoms with van der Waals surface area (Å²) in [5.74, 6) is 1.74. The second kappa shape index (κ2) is 3.91. The zero-order chi connectivity index (χ0) is 15.1. The fraction of sp³-hybridized carbons (Fsp3) is 0.941. The molecule has 3 rings (SSSR count). The van der Waals surface area contributed by atoms with Crippen molar-refractivity contribution < 1.29 is 9.53 Å². The van der Waals surface area contributed by atoms with Crippen molar-refractivity contribution in [3.63, 3.8) is 0 Å². The SMILES string of the molecule is COC(=O)[C@H]1C[C@@H]2C[C@H]1[C@@H]1[C@H]2[Si]1(C(C)(C)C)C(C)(C)C. The molecule has 2 bridgehead atoms. The molecule has 0 spiro atoms. The van der Waals surface area contributed by atoms with Crippen LogP contribution in [0.2, 0.25) is 21.2 Å². The number of methoxy groups -OCH3 is 1. The second-order valence-corrected chi connectivity index (χ2v) is 15.5. The highest BCUT2D eigenvalue weighted by atomic mass is 28.3. The molecule has 0 aromatic rings. The van der Waals surface area contributed by atoms with E-state index in [-0.39, 0.29) is 11.9 Å². The van der Waals surface area contributed by atoms with Crippen molar-refractivity contribution >= 4 is 14.0 Å². The first-order valence-electron chi connectivity index (χ1n) is 8.15. The van der Waals surface area contributed by atoms with Gasteiger partial charge in [-0.05, 0) is 45.8 Å². The van der Waals surface area contributed by atoms with E-state index in [0.29, 0.717) is 16.0 Å². The Labute approximate surface area is 124 Å². The third kappa shape index (κ3) is 1.48. The average molecular weight is 295 g/mol. The van der Waals surface area contributed by atoms with Gasteiger partial charge in [-0.2, -0.15) is 0 Å². The van der Waals surface area contributed by atoms with E-state index in [0.717, 1.165) is 23.4 Å². The number of hydrogen-bond donors (Lipinski definition) is 0. The molecule has 2 nitrogen and oxygen atoms in total. The molecule has 1 saturated heterocycles. The molecule has 0 unspecified atom stereocenters. The molecule has 3 heteroatoms. The van der Waals surface area contributed by atoms with Crippen LogP contribution in [0.15, 0.2) is 0 Å². The third-order valence-corrected chi connectivity index (χ3v) is 15.2. The maximum atomic E-state index is 12.1. The number of carbonyl (C=O) groups is 1. The summed E-state index contributed by atoms with van der Waals surface area (Å²) in [6, 6.07) is 0. The van der Waals surface area contributed by atoms with Crippen molar-refractivity contribution in [2.24, 2.45) is 17.8 Å². The van der Waals surface area contributed by atoms with Gasteiger partial charge in [0.05, 0.1) is 21.1 Å². The molecule has 20 heavy (non-hydrogen) atoms. The molecule has 3 aliphatic rings. The largest absolute Gasteiger partial charge is 0.469 e. The van der Waals surface area contributed by atoms with Crippen LogP contribution < -0.4 is 0 Å². The van der Waals surface area contributed by atoms with E-state index in [9.17, 15) is 4.79 Å². The van der Waals surface area contributed by atoms with E-state index in [1.807, 2.05) is 0 Å². The Kier molecular flexibility index (Phi) is 2.85. The highest BCUT2D eigenvalue weighted by molar-refractivity contribution is 6.97.